The molecule has 124 valence electrons. The second kappa shape index (κ2) is 9.06. The molecule has 1 atom stereocenters. The average Bonchev–Trinajstić information content (AvgIpc) is 2.62. The molecule has 0 radical (unpaired) electrons. The first-order chi connectivity index (χ1) is 11.3. The normalized spacial score (nSPS) is 11.8. The SMILES string of the molecule is COc1cccc(C(CN)CCCOc2ccccc2OC)c1. The lowest BCUT2D eigenvalue weighted by Crippen LogP contribution is -2.14. The lowest BCUT2D eigenvalue weighted by atomic mass is 9.94. The molecule has 0 spiro atoms. The minimum Gasteiger partial charge on any atom is -0.497 e. The van der Waals surface area contributed by atoms with Crippen molar-refractivity contribution in [1.82, 2.24) is 0 Å². The summed E-state index contributed by atoms with van der Waals surface area (Å²) in [5.74, 6) is 2.72. The topological polar surface area (TPSA) is 53.7 Å². The largest absolute Gasteiger partial charge is 0.497 e. The van der Waals surface area contributed by atoms with Crippen LogP contribution in [-0.4, -0.2) is 27.4 Å². The average molecular weight is 315 g/mol. The van der Waals surface area contributed by atoms with Crippen LogP contribution in [0.1, 0.15) is 24.3 Å². The van der Waals surface area contributed by atoms with E-state index in [0.29, 0.717) is 19.1 Å². The van der Waals surface area contributed by atoms with Crippen molar-refractivity contribution in [2.75, 3.05) is 27.4 Å². The van der Waals surface area contributed by atoms with Gasteiger partial charge in [-0.15, -0.1) is 0 Å². The molecule has 0 heterocycles. The monoisotopic (exact) mass is 315 g/mol. The van der Waals surface area contributed by atoms with Gasteiger partial charge < -0.3 is 19.9 Å². The summed E-state index contributed by atoms with van der Waals surface area (Å²) in [6.45, 7) is 1.25. The first-order valence-electron chi connectivity index (χ1n) is 7.88. The molecule has 0 saturated carbocycles. The van der Waals surface area contributed by atoms with Gasteiger partial charge in [-0.25, -0.2) is 0 Å². The van der Waals surface area contributed by atoms with Crippen molar-refractivity contribution < 1.29 is 14.2 Å². The Morgan fingerprint density at radius 1 is 0.957 bits per heavy atom. The third-order valence-electron chi connectivity index (χ3n) is 3.87. The van der Waals surface area contributed by atoms with Crippen molar-refractivity contribution in [2.24, 2.45) is 5.73 Å². The lowest BCUT2D eigenvalue weighted by Gasteiger charge is -2.16. The summed E-state index contributed by atoms with van der Waals surface area (Å²) in [6.07, 6.45) is 1.90. The molecule has 1 unspecified atom stereocenters. The van der Waals surface area contributed by atoms with Gasteiger partial charge in [-0.3, -0.25) is 0 Å². The molecule has 0 bridgehead atoms. The maximum Gasteiger partial charge on any atom is 0.161 e. The summed E-state index contributed by atoms with van der Waals surface area (Å²) in [7, 11) is 3.33. The number of nitrogens with two attached hydrogens (primary N) is 1. The van der Waals surface area contributed by atoms with Gasteiger partial charge in [0.05, 0.1) is 20.8 Å². The lowest BCUT2D eigenvalue weighted by molar-refractivity contribution is 0.282. The highest BCUT2D eigenvalue weighted by Gasteiger charge is 2.11. The zero-order valence-electron chi connectivity index (χ0n) is 13.8. The van der Waals surface area contributed by atoms with Crippen LogP contribution in [0.4, 0.5) is 0 Å². The molecule has 0 saturated heterocycles. The van der Waals surface area contributed by atoms with E-state index < -0.39 is 0 Å². The van der Waals surface area contributed by atoms with Crippen molar-refractivity contribution in [3.05, 3.63) is 54.1 Å². The van der Waals surface area contributed by atoms with Crippen LogP contribution >= 0.6 is 0 Å². The molecule has 0 aliphatic carbocycles. The Labute approximate surface area is 138 Å². The standard InChI is InChI=1S/C19H25NO3/c1-21-17-9-5-7-15(13-17)16(14-20)8-6-12-23-19-11-4-3-10-18(19)22-2/h3-5,7,9-11,13,16H,6,8,12,14,20H2,1-2H3. The van der Waals surface area contributed by atoms with Crippen LogP contribution < -0.4 is 19.9 Å². The zero-order chi connectivity index (χ0) is 16.5. The van der Waals surface area contributed by atoms with Crippen molar-refractivity contribution in [3.63, 3.8) is 0 Å². The number of rotatable bonds is 9. The number of hydrogen-bond acceptors (Lipinski definition) is 4. The van der Waals surface area contributed by atoms with Crippen molar-refractivity contribution in [2.45, 2.75) is 18.8 Å². The number of benzene rings is 2. The highest BCUT2D eigenvalue weighted by atomic mass is 16.5. The molecule has 2 aromatic rings. The smallest absolute Gasteiger partial charge is 0.161 e. The molecule has 4 nitrogen and oxygen atoms in total. The van der Waals surface area contributed by atoms with Gasteiger partial charge in [0.1, 0.15) is 5.75 Å². The zero-order valence-corrected chi connectivity index (χ0v) is 13.8. The van der Waals surface area contributed by atoms with Crippen LogP contribution in [-0.2, 0) is 0 Å². The van der Waals surface area contributed by atoms with E-state index in [1.54, 1.807) is 14.2 Å². The van der Waals surface area contributed by atoms with E-state index in [1.165, 1.54) is 5.56 Å². The van der Waals surface area contributed by atoms with E-state index in [4.69, 9.17) is 19.9 Å². The molecular weight excluding hydrogens is 290 g/mol. The van der Waals surface area contributed by atoms with E-state index in [0.717, 1.165) is 30.1 Å². The molecule has 0 aliphatic heterocycles. The Morgan fingerprint density at radius 2 is 1.74 bits per heavy atom. The quantitative estimate of drug-likeness (QED) is 0.718. The minimum atomic E-state index is 0.311. The molecule has 23 heavy (non-hydrogen) atoms. The van der Waals surface area contributed by atoms with Gasteiger partial charge in [0.15, 0.2) is 11.5 Å². The van der Waals surface area contributed by atoms with Gasteiger partial charge in [-0.1, -0.05) is 24.3 Å². The molecular formula is C19H25NO3. The van der Waals surface area contributed by atoms with Gasteiger partial charge in [0, 0.05) is 0 Å². The van der Waals surface area contributed by atoms with Crippen LogP contribution in [0.25, 0.3) is 0 Å². The molecule has 2 N–H and O–H groups in total. The van der Waals surface area contributed by atoms with Crippen molar-refractivity contribution in [1.29, 1.82) is 0 Å². The van der Waals surface area contributed by atoms with E-state index in [2.05, 4.69) is 12.1 Å². The van der Waals surface area contributed by atoms with Crippen LogP contribution in [0.3, 0.4) is 0 Å². The van der Waals surface area contributed by atoms with Gasteiger partial charge in [0.2, 0.25) is 0 Å². The number of hydrogen-bond donors (Lipinski definition) is 1. The summed E-state index contributed by atoms with van der Waals surface area (Å²) < 4.78 is 16.4. The minimum absolute atomic E-state index is 0.311. The molecule has 2 aromatic carbocycles. The molecule has 0 fully saturated rings. The highest BCUT2D eigenvalue weighted by Crippen LogP contribution is 2.27. The number of ether oxygens (including phenoxy) is 3. The fourth-order valence-electron chi connectivity index (χ4n) is 2.57. The summed E-state index contributed by atoms with van der Waals surface area (Å²) in [4.78, 5) is 0. The van der Waals surface area contributed by atoms with Crippen LogP contribution in [0.5, 0.6) is 17.2 Å². The third kappa shape index (κ3) is 4.89. The van der Waals surface area contributed by atoms with Crippen molar-refractivity contribution in [3.8, 4) is 17.2 Å². The maximum atomic E-state index is 5.93. The second-order valence-corrected chi connectivity index (χ2v) is 5.35. The number of para-hydroxylation sites is 2. The first kappa shape index (κ1) is 17.2. The molecule has 0 aromatic heterocycles. The van der Waals surface area contributed by atoms with E-state index in [9.17, 15) is 0 Å². The predicted octanol–water partition coefficient (Wildman–Crippen LogP) is 3.61. The van der Waals surface area contributed by atoms with E-state index in [1.807, 2.05) is 36.4 Å². The first-order valence-corrected chi connectivity index (χ1v) is 7.88. The Hall–Kier alpha value is -2.20. The van der Waals surface area contributed by atoms with Crippen LogP contribution in [0.15, 0.2) is 48.5 Å². The Kier molecular flexibility index (Phi) is 6.76. The Balaban J connectivity index is 1.86. The third-order valence-corrected chi connectivity index (χ3v) is 3.87. The number of methoxy groups -OCH3 is 2. The summed E-state index contributed by atoms with van der Waals surface area (Å²) in [5.41, 5.74) is 7.15. The van der Waals surface area contributed by atoms with E-state index in [-0.39, 0.29) is 0 Å². The summed E-state index contributed by atoms with van der Waals surface area (Å²) in [6, 6.07) is 15.8. The molecule has 2 rings (SSSR count). The predicted molar refractivity (Wildman–Crippen MR) is 92.5 cm³/mol. The van der Waals surface area contributed by atoms with Gasteiger partial charge >= 0.3 is 0 Å². The Bertz CT molecular complexity index is 601. The van der Waals surface area contributed by atoms with Crippen molar-refractivity contribution >= 4 is 0 Å². The molecule has 0 amide bonds. The van der Waals surface area contributed by atoms with Gasteiger partial charge in [-0.2, -0.15) is 0 Å². The van der Waals surface area contributed by atoms with Gasteiger partial charge in [-0.05, 0) is 55.1 Å². The molecule has 0 aliphatic rings. The molecule has 4 heteroatoms. The summed E-state index contributed by atoms with van der Waals surface area (Å²) in [5, 5.41) is 0. The summed E-state index contributed by atoms with van der Waals surface area (Å²) >= 11 is 0. The Morgan fingerprint density at radius 3 is 2.43 bits per heavy atom. The maximum absolute atomic E-state index is 5.93. The second-order valence-electron chi connectivity index (χ2n) is 5.35. The van der Waals surface area contributed by atoms with Crippen LogP contribution in [0.2, 0.25) is 0 Å². The van der Waals surface area contributed by atoms with E-state index >= 15 is 0 Å². The van der Waals surface area contributed by atoms with Crippen LogP contribution in [0, 0.1) is 0 Å². The fourth-order valence-corrected chi connectivity index (χ4v) is 2.57. The fraction of sp³-hybridized carbons (Fsp3) is 0.368. The van der Waals surface area contributed by atoms with Gasteiger partial charge in [0.25, 0.3) is 0 Å². The highest BCUT2D eigenvalue weighted by molar-refractivity contribution is 5.39.